The van der Waals surface area contributed by atoms with Crippen molar-refractivity contribution in [2.75, 3.05) is 12.4 Å². The van der Waals surface area contributed by atoms with Gasteiger partial charge in [0.15, 0.2) is 12.1 Å². The molecule has 30 heavy (non-hydrogen) atoms. The summed E-state index contributed by atoms with van der Waals surface area (Å²) in [4.78, 5) is 25.9. The topological polar surface area (TPSA) is 76.9 Å². The fourth-order valence-corrected chi connectivity index (χ4v) is 2.92. The van der Waals surface area contributed by atoms with E-state index in [0.29, 0.717) is 11.1 Å². The molecular formula is C24H22N4O2. The summed E-state index contributed by atoms with van der Waals surface area (Å²) in [6.45, 7) is 1.56. The number of pyridine rings is 1. The molecule has 0 unspecified atom stereocenters. The molecule has 0 saturated heterocycles. The summed E-state index contributed by atoms with van der Waals surface area (Å²) in [5.41, 5.74) is 5.09. The number of carbonyl (C=O) groups excluding carboxylic acids is 2. The minimum absolute atomic E-state index is 0.0522. The smallest absolute Gasteiger partial charge is 0.161 e. The Morgan fingerprint density at radius 3 is 2.43 bits per heavy atom. The van der Waals surface area contributed by atoms with Gasteiger partial charge in [0.05, 0.1) is 5.69 Å². The second kappa shape index (κ2) is 9.93. The first-order valence-corrected chi connectivity index (χ1v) is 9.40. The number of carbonyl (C=O) groups is 2. The molecule has 0 aliphatic carbocycles. The van der Waals surface area contributed by atoms with Gasteiger partial charge in [-0.1, -0.05) is 30.3 Å². The van der Waals surface area contributed by atoms with Crippen LogP contribution in [0.1, 0.15) is 27.6 Å². The molecule has 6 nitrogen and oxygen atoms in total. The van der Waals surface area contributed by atoms with Crippen LogP contribution in [0.2, 0.25) is 0 Å². The van der Waals surface area contributed by atoms with Crippen LogP contribution in [0.15, 0.2) is 85.5 Å². The van der Waals surface area contributed by atoms with Crippen LogP contribution < -0.4 is 5.32 Å². The van der Waals surface area contributed by atoms with Crippen molar-refractivity contribution in [1.82, 2.24) is 14.8 Å². The molecule has 2 aromatic heterocycles. The molecule has 1 N–H and O–H groups in total. The molecule has 0 fully saturated rings. The van der Waals surface area contributed by atoms with Crippen LogP contribution in [0.4, 0.5) is 5.69 Å². The lowest BCUT2D eigenvalue weighted by molar-refractivity contribution is 0.101. The second-order valence-corrected chi connectivity index (χ2v) is 6.48. The Balaban J connectivity index is 0.000000172. The van der Waals surface area contributed by atoms with Gasteiger partial charge in [-0.3, -0.25) is 14.6 Å². The fourth-order valence-electron chi connectivity index (χ4n) is 2.92. The van der Waals surface area contributed by atoms with Gasteiger partial charge < -0.3 is 5.32 Å². The van der Waals surface area contributed by atoms with Crippen molar-refractivity contribution in [3.8, 4) is 16.8 Å². The maximum atomic E-state index is 11.4. The number of hydrogen-bond acceptors (Lipinski definition) is 5. The van der Waals surface area contributed by atoms with Gasteiger partial charge in [0.25, 0.3) is 0 Å². The number of hydrogen-bond donors (Lipinski definition) is 1. The number of ketones is 1. The normalized spacial score (nSPS) is 9.93. The van der Waals surface area contributed by atoms with Crippen LogP contribution in [-0.4, -0.2) is 33.9 Å². The summed E-state index contributed by atoms with van der Waals surface area (Å²) in [6.07, 6.45) is 7.70. The van der Waals surface area contributed by atoms with E-state index in [-0.39, 0.29) is 5.78 Å². The average Bonchev–Trinajstić information content (AvgIpc) is 3.34. The molecule has 4 rings (SSSR count). The lowest BCUT2D eigenvalue weighted by atomic mass is 10.1. The first-order chi connectivity index (χ1) is 14.6. The molecule has 2 aromatic carbocycles. The summed E-state index contributed by atoms with van der Waals surface area (Å²) in [7, 11) is 1.80. The summed E-state index contributed by atoms with van der Waals surface area (Å²) in [5.74, 6) is 0.0522. The van der Waals surface area contributed by atoms with Gasteiger partial charge in [0.2, 0.25) is 0 Å². The van der Waals surface area contributed by atoms with Crippen LogP contribution in [0, 0.1) is 0 Å². The molecule has 150 valence electrons. The van der Waals surface area contributed by atoms with E-state index in [1.807, 2.05) is 66.9 Å². The maximum Gasteiger partial charge on any atom is 0.161 e. The average molecular weight is 398 g/mol. The molecule has 2 heterocycles. The van der Waals surface area contributed by atoms with Crippen LogP contribution in [0.3, 0.4) is 0 Å². The van der Waals surface area contributed by atoms with Gasteiger partial charge in [0, 0.05) is 54.2 Å². The largest absolute Gasteiger partial charge is 0.387 e. The van der Waals surface area contributed by atoms with Crippen molar-refractivity contribution >= 4 is 17.8 Å². The fraction of sp³-hybridized carbons (Fsp3) is 0.0833. The van der Waals surface area contributed by atoms with Crippen LogP contribution >= 0.6 is 0 Å². The van der Waals surface area contributed by atoms with Crippen molar-refractivity contribution in [1.29, 1.82) is 0 Å². The summed E-state index contributed by atoms with van der Waals surface area (Å²) in [5, 5.41) is 7.16. The van der Waals surface area contributed by atoms with Gasteiger partial charge in [-0.15, -0.1) is 0 Å². The number of Topliss-reactive ketones (excluding diaryl/α,β-unsaturated/α-hetero) is 1. The number of aromatic nitrogens is 3. The minimum atomic E-state index is 0.0522. The predicted molar refractivity (Wildman–Crippen MR) is 118 cm³/mol. The minimum Gasteiger partial charge on any atom is -0.387 e. The van der Waals surface area contributed by atoms with Gasteiger partial charge >= 0.3 is 0 Å². The Morgan fingerprint density at radius 2 is 1.80 bits per heavy atom. The molecule has 0 aliphatic rings. The van der Waals surface area contributed by atoms with E-state index in [4.69, 9.17) is 0 Å². The quantitative estimate of drug-likeness (QED) is 0.390. The molecule has 0 bridgehead atoms. The Hall–Kier alpha value is -4.06. The Morgan fingerprint density at radius 1 is 1.00 bits per heavy atom. The van der Waals surface area contributed by atoms with Crippen LogP contribution in [0.25, 0.3) is 16.8 Å². The van der Waals surface area contributed by atoms with Crippen molar-refractivity contribution < 1.29 is 9.59 Å². The molecule has 0 saturated carbocycles. The standard InChI is InChI=1S/C12H13N3O.C12H9NO/c1-9(16)11-5-4-10(8-12(11)13-2)15-7-3-6-14-15;14-9-10-6-12(8-13-7-10)11-4-2-1-3-5-11/h3-8,13H,1-2H3;1-9H. The molecule has 4 aromatic rings. The van der Waals surface area contributed by atoms with E-state index in [1.54, 1.807) is 37.2 Å². The number of anilines is 1. The molecule has 0 atom stereocenters. The summed E-state index contributed by atoms with van der Waals surface area (Å²) in [6, 6.07) is 19.1. The van der Waals surface area contributed by atoms with E-state index < -0.39 is 0 Å². The zero-order chi connectivity index (χ0) is 21.3. The van der Waals surface area contributed by atoms with E-state index in [9.17, 15) is 9.59 Å². The second-order valence-electron chi connectivity index (χ2n) is 6.48. The number of rotatable bonds is 5. The molecule has 0 spiro atoms. The molecule has 6 heteroatoms. The lowest BCUT2D eigenvalue weighted by Crippen LogP contribution is -2.02. The van der Waals surface area contributed by atoms with Gasteiger partial charge in [-0.05, 0) is 42.8 Å². The SMILES string of the molecule is CNc1cc(-n2cccn2)ccc1C(C)=O.O=Cc1cncc(-c2ccccc2)c1. The highest BCUT2D eigenvalue weighted by molar-refractivity contribution is 5.99. The monoisotopic (exact) mass is 398 g/mol. The van der Waals surface area contributed by atoms with E-state index in [2.05, 4.69) is 15.4 Å². The zero-order valence-electron chi connectivity index (χ0n) is 16.8. The third kappa shape index (κ3) is 5.05. The maximum absolute atomic E-state index is 11.4. The molecule has 0 radical (unpaired) electrons. The summed E-state index contributed by atoms with van der Waals surface area (Å²) >= 11 is 0. The van der Waals surface area contributed by atoms with Crippen molar-refractivity contribution in [2.45, 2.75) is 6.92 Å². The third-order valence-electron chi connectivity index (χ3n) is 4.42. The molecule has 0 aliphatic heterocycles. The first-order valence-electron chi connectivity index (χ1n) is 9.40. The highest BCUT2D eigenvalue weighted by atomic mass is 16.1. The number of benzene rings is 2. The highest BCUT2D eigenvalue weighted by Gasteiger charge is 2.07. The lowest BCUT2D eigenvalue weighted by Gasteiger charge is -2.09. The van der Waals surface area contributed by atoms with E-state index >= 15 is 0 Å². The number of aldehydes is 1. The van der Waals surface area contributed by atoms with Gasteiger partial charge in [0.1, 0.15) is 0 Å². The highest BCUT2D eigenvalue weighted by Crippen LogP contribution is 2.20. The van der Waals surface area contributed by atoms with E-state index in [0.717, 1.165) is 28.8 Å². The Kier molecular flexibility index (Phi) is 6.84. The van der Waals surface area contributed by atoms with Crippen LogP contribution in [0.5, 0.6) is 0 Å². The van der Waals surface area contributed by atoms with Crippen molar-refractivity contribution in [3.63, 3.8) is 0 Å². The van der Waals surface area contributed by atoms with Gasteiger partial charge in [-0.2, -0.15) is 5.10 Å². The molecule has 0 amide bonds. The number of nitrogens with one attached hydrogen (secondary N) is 1. The predicted octanol–water partition coefficient (Wildman–Crippen LogP) is 4.68. The summed E-state index contributed by atoms with van der Waals surface area (Å²) < 4.78 is 1.75. The third-order valence-corrected chi connectivity index (χ3v) is 4.42. The Bertz CT molecular complexity index is 1120. The van der Waals surface area contributed by atoms with E-state index in [1.165, 1.54) is 0 Å². The van der Waals surface area contributed by atoms with Crippen molar-refractivity contribution in [3.05, 3.63) is 96.6 Å². The van der Waals surface area contributed by atoms with Gasteiger partial charge in [-0.25, -0.2) is 4.68 Å². The first kappa shape index (κ1) is 20.7. The number of nitrogens with zero attached hydrogens (tertiary/aromatic N) is 3. The van der Waals surface area contributed by atoms with Crippen molar-refractivity contribution in [2.24, 2.45) is 0 Å². The van der Waals surface area contributed by atoms with Crippen LogP contribution in [-0.2, 0) is 0 Å². The molecular weight excluding hydrogens is 376 g/mol. The Labute approximate surface area is 175 Å². The zero-order valence-corrected chi connectivity index (χ0v) is 16.8.